The first-order valence-corrected chi connectivity index (χ1v) is 8.99. The Balaban J connectivity index is 1.75. The lowest BCUT2D eigenvalue weighted by atomic mass is 9.86. The van der Waals surface area contributed by atoms with Gasteiger partial charge in [0.2, 0.25) is 0 Å². The van der Waals surface area contributed by atoms with Crippen molar-refractivity contribution in [2.75, 3.05) is 12.3 Å². The third kappa shape index (κ3) is 5.20. The first-order chi connectivity index (χ1) is 10.6. The zero-order chi connectivity index (χ0) is 15.9. The van der Waals surface area contributed by atoms with Crippen LogP contribution in [0.25, 0.3) is 0 Å². The Morgan fingerprint density at radius 1 is 1.27 bits per heavy atom. The Labute approximate surface area is 136 Å². The maximum atomic E-state index is 12.8. The van der Waals surface area contributed by atoms with Gasteiger partial charge in [-0.15, -0.1) is 11.8 Å². The lowest BCUT2D eigenvalue weighted by Gasteiger charge is -2.35. The van der Waals surface area contributed by atoms with Gasteiger partial charge in [-0.3, -0.25) is 0 Å². The van der Waals surface area contributed by atoms with E-state index < -0.39 is 0 Å². The van der Waals surface area contributed by atoms with E-state index in [2.05, 4.69) is 6.92 Å². The molecule has 0 spiro atoms. The van der Waals surface area contributed by atoms with Crippen molar-refractivity contribution >= 4 is 17.8 Å². The van der Waals surface area contributed by atoms with Crippen LogP contribution < -0.4 is 5.73 Å². The largest absolute Gasteiger partial charge is 0.351 e. The molecule has 1 fully saturated rings. The second-order valence-corrected chi connectivity index (χ2v) is 7.27. The summed E-state index contributed by atoms with van der Waals surface area (Å²) in [5.74, 6) is 1.45. The number of hydrogen-bond acceptors (Lipinski definition) is 2. The van der Waals surface area contributed by atoms with Crippen LogP contribution in [-0.2, 0) is 0 Å². The van der Waals surface area contributed by atoms with Crippen LogP contribution in [0.4, 0.5) is 9.18 Å². The number of halogens is 1. The SMILES string of the molecule is CC1CCC(N(CCCSc2ccc(F)cc2)C(N)=O)CC1. The Morgan fingerprint density at radius 2 is 1.91 bits per heavy atom. The van der Waals surface area contributed by atoms with Crippen molar-refractivity contribution in [3.05, 3.63) is 30.1 Å². The molecule has 122 valence electrons. The summed E-state index contributed by atoms with van der Waals surface area (Å²) in [6, 6.07) is 6.53. The first-order valence-electron chi connectivity index (χ1n) is 8.00. The minimum Gasteiger partial charge on any atom is -0.351 e. The molecule has 0 radical (unpaired) electrons. The van der Waals surface area contributed by atoms with E-state index in [0.717, 1.165) is 35.8 Å². The van der Waals surface area contributed by atoms with Gasteiger partial charge in [0.1, 0.15) is 5.82 Å². The van der Waals surface area contributed by atoms with Crippen molar-refractivity contribution in [2.24, 2.45) is 11.7 Å². The molecule has 2 rings (SSSR count). The minimum absolute atomic E-state index is 0.212. The van der Waals surface area contributed by atoms with Crippen LogP contribution in [0.3, 0.4) is 0 Å². The summed E-state index contributed by atoms with van der Waals surface area (Å²) in [6.45, 7) is 2.98. The fourth-order valence-electron chi connectivity index (χ4n) is 2.98. The molecule has 1 aromatic carbocycles. The zero-order valence-corrected chi connectivity index (χ0v) is 13.9. The number of nitrogens with zero attached hydrogens (tertiary/aromatic N) is 1. The second kappa shape index (κ2) is 8.42. The number of benzene rings is 1. The van der Waals surface area contributed by atoms with Gasteiger partial charge in [0.25, 0.3) is 0 Å². The average Bonchev–Trinajstić information content (AvgIpc) is 2.50. The lowest BCUT2D eigenvalue weighted by molar-refractivity contribution is 0.153. The first kappa shape index (κ1) is 17.1. The fourth-order valence-corrected chi connectivity index (χ4v) is 3.82. The molecule has 3 nitrogen and oxygen atoms in total. The molecule has 0 aromatic heterocycles. The minimum atomic E-state index is -0.300. The number of hydrogen-bond donors (Lipinski definition) is 1. The van der Waals surface area contributed by atoms with Crippen molar-refractivity contribution in [3.8, 4) is 0 Å². The van der Waals surface area contributed by atoms with Gasteiger partial charge in [0, 0.05) is 17.5 Å². The smallest absolute Gasteiger partial charge is 0.315 e. The van der Waals surface area contributed by atoms with Crippen molar-refractivity contribution in [1.29, 1.82) is 0 Å². The highest BCUT2D eigenvalue weighted by molar-refractivity contribution is 7.99. The summed E-state index contributed by atoms with van der Waals surface area (Å²) in [6.07, 6.45) is 5.39. The summed E-state index contributed by atoms with van der Waals surface area (Å²) < 4.78 is 12.8. The van der Waals surface area contributed by atoms with E-state index in [9.17, 15) is 9.18 Å². The Kier molecular flexibility index (Phi) is 6.55. The number of amides is 2. The molecule has 0 saturated heterocycles. The van der Waals surface area contributed by atoms with Crippen molar-refractivity contribution in [3.63, 3.8) is 0 Å². The summed E-state index contributed by atoms with van der Waals surface area (Å²) in [7, 11) is 0. The third-order valence-corrected chi connectivity index (χ3v) is 5.43. The summed E-state index contributed by atoms with van der Waals surface area (Å²) >= 11 is 1.68. The van der Waals surface area contributed by atoms with E-state index in [0.29, 0.717) is 12.6 Å². The fraction of sp³-hybridized carbons (Fsp3) is 0.588. The molecule has 0 heterocycles. The number of carbonyl (C=O) groups is 1. The molecule has 22 heavy (non-hydrogen) atoms. The van der Waals surface area contributed by atoms with Crippen LogP contribution in [0.5, 0.6) is 0 Å². The monoisotopic (exact) mass is 324 g/mol. The average molecular weight is 324 g/mol. The predicted molar refractivity (Wildman–Crippen MR) is 89.5 cm³/mol. The highest BCUT2D eigenvalue weighted by Crippen LogP contribution is 2.27. The maximum absolute atomic E-state index is 12.8. The maximum Gasteiger partial charge on any atom is 0.315 e. The normalized spacial score (nSPS) is 21.5. The van der Waals surface area contributed by atoms with Crippen LogP contribution in [0.2, 0.25) is 0 Å². The van der Waals surface area contributed by atoms with E-state index in [1.54, 1.807) is 23.9 Å². The number of rotatable bonds is 6. The molecular weight excluding hydrogens is 299 g/mol. The molecule has 0 atom stereocenters. The van der Waals surface area contributed by atoms with Crippen LogP contribution >= 0.6 is 11.8 Å². The predicted octanol–water partition coefficient (Wildman–Crippen LogP) is 4.27. The number of primary amides is 1. The Hall–Kier alpha value is -1.23. The van der Waals surface area contributed by atoms with Crippen LogP contribution in [0.1, 0.15) is 39.0 Å². The van der Waals surface area contributed by atoms with Crippen molar-refractivity contribution < 1.29 is 9.18 Å². The summed E-state index contributed by atoms with van der Waals surface area (Å²) in [4.78, 5) is 14.6. The lowest BCUT2D eigenvalue weighted by Crippen LogP contribution is -2.45. The molecule has 2 amide bonds. The van der Waals surface area contributed by atoms with E-state index in [1.807, 2.05) is 4.90 Å². The topological polar surface area (TPSA) is 46.3 Å². The molecule has 0 aliphatic heterocycles. The van der Waals surface area contributed by atoms with Gasteiger partial charge in [0.15, 0.2) is 0 Å². The quantitative estimate of drug-likeness (QED) is 0.627. The van der Waals surface area contributed by atoms with Gasteiger partial charge in [-0.1, -0.05) is 6.92 Å². The van der Waals surface area contributed by atoms with E-state index in [4.69, 9.17) is 5.73 Å². The van der Waals surface area contributed by atoms with Gasteiger partial charge in [0.05, 0.1) is 0 Å². The van der Waals surface area contributed by atoms with E-state index in [-0.39, 0.29) is 11.8 Å². The van der Waals surface area contributed by atoms with Gasteiger partial charge in [-0.25, -0.2) is 9.18 Å². The summed E-state index contributed by atoms with van der Waals surface area (Å²) in [5, 5.41) is 0. The van der Waals surface area contributed by atoms with Crippen LogP contribution in [0.15, 0.2) is 29.2 Å². The zero-order valence-electron chi connectivity index (χ0n) is 13.1. The molecule has 1 aliphatic rings. The summed E-state index contributed by atoms with van der Waals surface area (Å²) in [5.41, 5.74) is 5.55. The van der Waals surface area contributed by atoms with Gasteiger partial charge >= 0.3 is 6.03 Å². The number of thioether (sulfide) groups is 1. The van der Waals surface area contributed by atoms with Crippen molar-refractivity contribution in [2.45, 2.75) is 50.0 Å². The second-order valence-electron chi connectivity index (χ2n) is 6.10. The highest BCUT2D eigenvalue weighted by Gasteiger charge is 2.25. The van der Waals surface area contributed by atoms with Crippen molar-refractivity contribution in [1.82, 2.24) is 4.90 Å². The highest BCUT2D eigenvalue weighted by atomic mass is 32.2. The molecule has 0 bridgehead atoms. The third-order valence-electron chi connectivity index (χ3n) is 4.33. The molecular formula is C17H25FN2OS. The van der Waals surface area contributed by atoms with Gasteiger partial charge in [-0.05, 0) is 68.0 Å². The Morgan fingerprint density at radius 3 is 2.50 bits per heavy atom. The molecule has 1 saturated carbocycles. The Bertz CT molecular complexity index is 472. The van der Waals surface area contributed by atoms with Crippen LogP contribution in [-0.4, -0.2) is 29.3 Å². The molecule has 5 heteroatoms. The van der Waals surface area contributed by atoms with Gasteiger partial charge in [-0.2, -0.15) is 0 Å². The number of carbonyl (C=O) groups excluding carboxylic acids is 1. The molecule has 2 N–H and O–H groups in total. The standard InChI is InChI=1S/C17H25FN2OS/c1-13-3-7-15(8-4-13)20(17(19)21)11-2-12-22-16-9-5-14(18)6-10-16/h5-6,9-10,13,15H,2-4,7-8,11-12H2,1H3,(H2,19,21). The van der Waals surface area contributed by atoms with E-state index >= 15 is 0 Å². The molecule has 0 unspecified atom stereocenters. The van der Waals surface area contributed by atoms with Gasteiger partial charge < -0.3 is 10.6 Å². The molecule has 1 aromatic rings. The van der Waals surface area contributed by atoms with E-state index in [1.165, 1.54) is 25.0 Å². The number of nitrogens with two attached hydrogens (primary N) is 1. The van der Waals surface area contributed by atoms with Crippen LogP contribution in [0, 0.1) is 11.7 Å². The number of urea groups is 1. The molecule has 1 aliphatic carbocycles.